The number of halogens is 1. The largest absolute Gasteiger partial charge is 0.489 e. The molecule has 0 spiro atoms. The highest BCUT2D eigenvalue weighted by atomic mass is 19.1. The van der Waals surface area contributed by atoms with Gasteiger partial charge in [-0.1, -0.05) is 13.0 Å². The van der Waals surface area contributed by atoms with Gasteiger partial charge in [-0.15, -0.1) is 0 Å². The molecule has 41 heavy (non-hydrogen) atoms. The molecule has 4 aromatic rings. The molecule has 212 valence electrons. The van der Waals surface area contributed by atoms with Crippen molar-refractivity contribution in [1.82, 2.24) is 14.6 Å². The van der Waals surface area contributed by atoms with Crippen molar-refractivity contribution in [3.05, 3.63) is 71.9 Å². The number of hydrogen-bond acceptors (Lipinski definition) is 7. The first kappa shape index (κ1) is 28.1. The molecular weight excluding hydrogens is 523 g/mol. The summed E-state index contributed by atoms with van der Waals surface area (Å²) < 4.78 is 21.1. The van der Waals surface area contributed by atoms with Crippen LogP contribution in [0.1, 0.15) is 44.7 Å². The second-order valence-corrected chi connectivity index (χ2v) is 11.5. The number of aryl methyl sites for hydroxylation is 1. The summed E-state index contributed by atoms with van der Waals surface area (Å²) in [5.74, 6) is 0.801. The van der Waals surface area contributed by atoms with Crippen LogP contribution in [-0.2, 0) is 4.79 Å². The van der Waals surface area contributed by atoms with Crippen LogP contribution >= 0.6 is 0 Å². The maximum atomic E-state index is 13.7. The zero-order chi connectivity index (χ0) is 29.4. The first-order valence-electron chi connectivity index (χ1n) is 13.5. The lowest BCUT2D eigenvalue weighted by molar-refractivity contribution is -0.125. The Bertz CT molecular complexity index is 1630. The lowest BCUT2D eigenvalue weighted by atomic mass is 9.79. The summed E-state index contributed by atoms with van der Waals surface area (Å²) in [4.78, 5) is 20.0. The molecule has 0 aliphatic carbocycles. The Morgan fingerprint density at radius 1 is 1.22 bits per heavy atom. The number of ether oxygens (including phenoxy) is 1. The molecular formula is C31H33FN6O3. The average Bonchev–Trinajstić information content (AvgIpc) is 3.37. The second kappa shape index (κ2) is 10.8. The van der Waals surface area contributed by atoms with E-state index in [2.05, 4.69) is 21.4 Å². The van der Waals surface area contributed by atoms with E-state index in [1.807, 2.05) is 32.0 Å². The molecule has 2 N–H and O–H groups in total. The van der Waals surface area contributed by atoms with Gasteiger partial charge in [-0.05, 0) is 69.5 Å². The van der Waals surface area contributed by atoms with Crippen LogP contribution < -0.4 is 15.0 Å². The third-order valence-corrected chi connectivity index (χ3v) is 7.55. The number of anilines is 2. The monoisotopic (exact) mass is 556 g/mol. The Morgan fingerprint density at radius 3 is 2.63 bits per heavy atom. The van der Waals surface area contributed by atoms with Gasteiger partial charge in [0.05, 0.1) is 34.5 Å². The van der Waals surface area contributed by atoms with Crippen LogP contribution in [0.3, 0.4) is 0 Å². The summed E-state index contributed by atoms with van der Waals surface area (Å²) >= 11 is 0. The first-order chi connectivity index (χ1) is 19.5. The number of carbonyl (C=O) groups is 1. The summed E-state index contributed by atoms with van der Waals surface area (Å²) in [5, 5.41) is 27.0. The second-order valence-electron chi connectivity index (χ2n) is 11.5. The van der Waals surface area contributed by atoms with Gasteiger partial charge in [0.1, 0.15) is 30.1 Å². The molecule has 1 amide bonds. The number of nitriles is 1. The van der Waals surface area contributed by atoms with E-state index in [0.717, 1.165) is 22.5 Å². The highest BCUT2D eigenvalue weighted by Crippen LogP contribution is 2.36. The van der Waals surface area contributed by atoms with Gasteiger partial charge in [0.25, 0.3) is 0 Å². The van der Waals surface area contributed by atoms with Gasteiger partial charge in [-0.3, -0.25) is 4.79 Å². The van der Waals surface area contributed by atoms with Gasteiger partial charge in [0, 0.05) is 36.1 Å². The van der Waals surface area contributed by atoms with Gasteiger partial charge in [-0.25, -0.2) is 13.9 Å². The Labute approximate surface area is 238 Å². The number of nitrogens with one attached hydrogen (secondary N) is 1. The van der Waals surface area contributed by atoms with Crippen molar-refractivity contribution in [2.24, 2.45) is 5.41 Å². The predicted octanol–water partition coefficient (Wildman–Crippen LogP) is 5.11. The van der Waals surface area contributed by atoms with Crippen LogP contribution in [-0.4, -0.2) is 50.9 Å². The van der Waals surface area contributed by atoms with Crippen molar-refractivity contribution in [3.63, 3.8) is 0 Å². The molecule has 1 aliphatic heterocycles. The van der Waals surface area contributed by atoms with Gasteiger partial charge >= 0.3 is 0 Å². The number of benzene rings is 1. The number of aliphatic hydroxyl groups is 1. The molecule has 3 aromatic heterocycles. The molecule has 1 aromatic carbocycles. The van der Waals surface area contributed by atoms with Crippen LogP contribution in [0, 0.1) is 29.5 Å². The fraction of sp³-hybridized carbons (Fsp3) is 0.355. The van der Waals surface area contributed by atoms with Crippen molar-refractivity contribution in [3.8, 4) is 22.9 Å². The standard InChI is InChI=1S/C31H33FN6O3/c1-20-5-7-23(32)13-26(20)36-29(39)31(4)9-11-37(12-10-31)27-8-6-21(16-34-27)25-14-24(41-19-30(2,3)40)18-38-28(25)22(15-33)17-35-38/h5-8,13-14,16-18,40H,9-12,19H2,1-4H3,(H,36,39). The number of carbonyl (C=O) groups excluding carboxylic acids is 1. The van der Waals surface area contributed by atoms with Crippen molar-refractivity contribution >= 4 is 22.9 Å². The van der Waals surface area contributed by atoms with E-state index in [4.69, 9.17) is 9.72 Å². The molecule has 1 fully saturated rings. The number of pyridine rings is 2. The van der Waals surface area contributed by atoms with E-state index in [0.29, 0.717) is 48.4 Å². The molecule has 1 saturated heterocycles. The van der Waals surface area contributed by atoms with E-state index in [1.54, 1.807) is 36.8 Å². The normalized spacial score (nSPS) is 15.0. The van der Waals surface area contributed by atoms with Crippen LogP contribution in [0.5, 0.6) is 5.75 Å². The van der Waals surface area contributed by atoms with Crippen molar-refractivity contribution in [1.29, 1.82) is 5.26 Å². The Hall–Kier alpha value is -4.49. The average molecular weight is 557 g/mol. The molecule has 4 heterocycles. The summed E-state index contributed by atoms with van der Waals surface area (Å²) in [6.45, 7) is 8.49. The summed E-state index contributed by atoms with van der Waals surface area (Å²) in [6, 6.07) is 12.3. The summed E-state index contributed by atoms with van der Waals surface area (Å²) in [6.07, 6.45) is 6.20. The van der Waals surface area contributed by atoms with Gasteiger partial charge in [0.15, 0.2) is 0 Å². The number of hydrogen-bond donors (Lipinski definition) is 2. The third-order valence-electron chi connectivity index (χ3n) is 7.55. The predicted molar refractivity (Wildman–Crippen MR) is 154 cm³/mol. The van der Waals surface area contributed by atoms with E-state index >= 15 is 0 Å². The van der Waals surface area contributed by atoms with E-state index in [1.165, 1.54) is 18.3 Å². The molecule has 5 rings (SSSR count). The molecule has 0 bridgehead atoms. The highest BCUT2D eigenvalue weighted by molar-refractivity contribution is 5.96. The fourth-order valence-electron chi connectivity index (χ4n) is 4.93. The zero-order valence-corrected chi connectivity index (χ0v) is 23.6. The Morgan fingerprint density at radius 2 is 1.98 bits per heavy atom. The molecule has 1 aliphatic rings. The van der Waals surface area contributed by atoms with Crippen molar-refractivity contribution < 1.29 is 19.0 Å². The lowest BCUT2D eigenvalue weighted by Gasteiger charge is -2.38. The van der Waals surface area contributed by atoms with Crippen LogP contribution in [0.2, 0.25) is 0 Å². The lowest BCUT2D eigenvalue weighted by Crippen LogP contribution is -2.45. The SMILES string of the molecule is Cc1ccc(F)cc1NC(=O)C1(C)CCN(c2ccc(-c3cc(OCC(C)(C)O)cn4ncc(C#N)c34)cn2)CC1. The number of piperidine rings is 1. The highest BCUT2D eigenvalue weighted by Gasteiger charge is 2.37. The number of fused-ring (bicyclic) bond motifs is 1. The maximum absolute atomic E-state index is 13.7. The van der Waals surface area contributed by atoms with Gasteiger partial charge in [0.2, 0.25) is 5.91 Å². The smallest absolute Gasteiger partial charge is 0.230 e. The number of rotatable bonds is 7. The minimum Gasteiger partial charge on any atom is -0.489 e. The van der Waals surface area contributed by atoms with E-state index in [-0.39, 0.29) is 18.3 Å². The fourth-order valence-corrected chi connectivity index (χ4v) is 4.93. The first-order valence-corrected chi connectivity index (χ1v) is 13.5. The maximum Gasteiger partial charge on any atom is 0.230 e. The van der Waals surface area contributed by atoms with Crippen LogP contribution in [0.25, 0.3) is 16.6 Å². The van der Waals surface area contributed by atoms with E-state index in [9.17, 15) is 19.6 Å². The van der Waals surface area contributed by atoms with Crippen molar-refractivity contribution in [2.75, 3.05) is 29.9 Å². The summed E-state index contributed by atoms with van der Waals surface area (Å²) in [5.41, 5.74) is 2.32. The molecule has 0 saturated carbocycles. The molecule has 0 atom stereocenters. The quantitative estimate of drug-likeness (QED) is 0.325. The van der Waals surface area contributed by atoms with Crippen LogP contribution in [0.4, 0.5) is 15.9 Å². The minimum absolute atomic E-state index is 0.0925. The molecule has 0 unspecified atom stereocenters. The molecule has 10 heteroatoms. The number of amides is 1. The Kier molecular flexibility index (Phi) is 7.41. The van der Waals surface area contributed by atoms with Gasteiger partial charge < -0.3 is 20.1 Å². The number of nitrogens with zero attached hydrogens (tertiary/aromatic N) is 5. The zero-order valence-electron chi connectivity index (χ0n) is 23.6. The minimum atomic E-state index is -1.01. The third kappa shape index (κ3) is 6.00. The molecule has 9 nitrogen and oxygen atoms in total. The molecule has 0 radical (unpaired) electrons. The van der Waals surface area contributed by atoms with Gasteiger partial charge in [-0.2, -0.15) is 10.4 Å². The van der Waals surface area contributed by atoms with Crippen molar-refractivity contribution in [2.45, 2.75) is 46.1 Å². The Balaban J connectivity index is 1.32. The van der Waals surface area contributed by atoms with Crippen LogP contribution in [0.15, 0.2) is 55.0 Å². The summed E-state index contributed by atoms with van der Waals surface area (Å²) in [7, 11) is 0. The number of aromatic nitrogens is 3. The topological polar surface area (TPSA) is 116 Å². The van der Waals surface area contributed by atoms with E-state index < -0.39 is 11.0 Å².